The van der Waals surface area contributed by atoms with E-state index < -0.39 is 0 Å². The van der Waals surface area contributed by atoms with Crippen molar-refractivity contribution in [2.75, 3.05) is 25.1 Å². The van der Waals surface area contributed by atoms with E-state index in [-0.39, 0.29) is 0 Å². The number of aromatic nitrogens is 2. The van der Waals surface area contributed by atoms with Gasteiger partial charge in [-0.15, -0.1) is 0 Å². The first-order chi connectivity index (χ1) is 8.85. The topological polar surface area (TPSA) is 64.3 Å². The van der Waals surface area contributed by atoms with Crippen LogP contribution in [0.2, 0.25) is 0 Å². The molecule has 1 aromatic rings. The molecule has 1 fully saturated rings. The van der Waals surface area contributed by atoms with Gasteiger partial charge in [-0.25, -0.2) is 4.98 Å². The lowest BCUT2D eigenvalue weighted by Crippen LogP contribution is -2.36. The van der Waals surface area contributed by atoms with E-state index in [0.717, 1.165) is 18.9 Å². The lowest BCUT2D eigenvalue weighted by molar-refractivity contribution is 0.396. The number of hydrogen-bond donors (Lipinski definition) is 1. The van der Waals surface area contributed by atoms with Gasteiger partial charge in [0.15, 0.2) is 0 Å². The highest BCUT2D eigenvalue weighted by molar-refractivity contribution is 5.34. The number of nitrogens with two attached hydrogens (primary N) is 1. The Morgan fingerprint density at radius 3 is 2.89 bits per heavy atom. The summed E-state index contributed by atoms with van der Waals surface area (Å²) in [6.45, 7) is 1.63. The van der Waals surface area contributed by atoms with Gasteiger partial charge in [-0.05, 0) is 25.8 Å². The zero-order valence-electron chi connectivity index (χ0n) is 11.0. The van der Waals surface area contributed by atoms with Gasteiger partial charge in [-0.1, -0.05) is 12.8 Å². The largest absolute Gasteiger partial charge is 0.481 e. The van der Waals surface area contributed by atoms with Crippen molar-refractivity contribution in [3.8, 4) is 5.88 Å². The molecule has 0 aromatic carbocycles. The quantitative estimate of drug-likeness (QED) is 0.830. The van der Waals surface area contributed by atoms with Gasteiger partial charge in [0.25, 0.3) is 0 Å². The first-order valence-electron chi connectivity index (χ1n) is 6.69. The zero-order chi connectivity index (χ0) is 12.8. The summed E-state index contributed by atoms with van der Waals surface area (Å²) in [7, 11) is 1.63. The number of hydrogen-bond acceptors (Lipinski definition) is 5. The van der Waals surface area contributed by atoms with Crippen molar-refractivity contribution in [3.63, 3.8) is 0 Å². The standard InChI is InChI=1S/C13H22N4O/c1-18-12-7-9-15-13(16-12)17(10-4-8-14)11-5-2-3-6-11/h7,9,11H,2-6,8,10,14H2,1H3. The van der Waals surface area contributed by atoms with E-state index in [9.17, 15) is 0 Å². The van der Waals surface area contributed by atoms with E-state index in [4.69, 9.17) is 10.5 Å². The smallest absolute Gasteiger partial charge is 0.228 e. The Bertz CT molecular complexity index is 366. The van der Waals surface area contributed by atoms with Crippen LogP contribution in [0.15, 0.2) is 12.3 Å². The van der Waals surface area contributed by atoms with Crippen molar-refractivity contribution >= 4 is 5.95 Å². The summed E-state index contributed by atoms with van der Waals surface area (Å²) in [5, 5.41) is 0. The fourth-order valence-electron chi connectivity index (χ4n) is 2.51. The number of nitrogens with zero attached hydrogens (tertiary/aromatic N) is 3. The van der Waals surface area contributed by atoms with Gasteiger partial charge >= 0.3 is 0 Å². The van der Waals surface area contributed by atoms with Crippen molar-refractivity contribution in [2.24, 2.45) is 5.73 Å². The lowest BCUT2D eigenvalue weighted by Gasteiger charge is -2.28. The van der Waals surface area contributed by atoms with Crippen LogP contribution in [-0.2, 0) is 0 Å². The Hall–Kier alpha value is -1.36. The Morgan fingerprint density at radius 1 is 1.44 bits per heavy atom. The molecule has 1 heterocycles. The van der Waals surface area contributed by atoms with Gasteiger partial charge in [0.05, 0.1) is 7.11 Å². The summed E-state index contributed by atoms with van der Waals surface area (Å²) < 4.78 is 5.17. The van der Waals surface area contributed by atoms with Crippen LogP contribution < -0.4 is 15.4 Å². The summed E-state index contributed by atoms with van der Waals surface area (Å²) in [4.78, 5) is 11.1. The average Bonchev–Trinajstić information content (AvgIpc) is 2.93. The third kappa shape index (κ3) is 3.10. The van der Waals surface area contributed by atoms with Gasteiger partial charge in [-0.2, -0.15) is 4.98 Å². The minimum Gasteiger partial charge on any atom is -0.481 e. The molecule has 2 N–H and O–H groups in total. The Balaban J connectivity index is 2.14. The van der Waals surface area contributed by atoms with Crippen LogP contribution in [0.4, 0.5) is 5.95 Å². The average molecular weight is 250 g/mol. The molecular weight excluding hydrogens is 228 g/mol. The molecule has 0 atom stereocenters. The maximum atomic E-state index is 5.62. The fourth-order valence-corrected chi connectivity index (χ4v) is 2.51. The molecular formula is C13H22N4O. The maximum Gasteiger partial charge on any atom is 0.228 e. The van der Waals surface area contributed by atoms with Crippen molar-refractivity contribution in [1.82, 2.24) is 9.97 Å². The summed E-state index contributed by atoms with van der Waals surface area (Å²) in [5.41, 5.74) is 5.62. The molecule has 0 saturated heterocycles. The molecule has 5 heteroatoms. The molecule has 0 bridgehead atoms. The number of rotatable bonds is 6. The molecule has 1 aromatic heterocycles. The second kappa shape index (κ2) is 6.54. The predicted octanol–water partition coefficient (Wildman–Crippen LogP) is 1.58. The van der Waals surface area contributed by atoms with Crippen molar-refractivity contribution in [2.45, 2.75) is 38.1 Å². The fraction of sp³-hybridized carbons (Fsp3) is 0.692. The van der Waals surface area contributed by atoms with Gasteiger partial charge in [0.2, 0.25) is 11.8 Å². The van der Waals surface area contributed by atoms with Crippen molar-refractivity contribution in [1.29, 1.82) is 0 Å². The SMILES string of the molecule is COc1ccnc(N(CCCN)C2CCCC2)n1. The van der Waals surface area contributed by atoms with Gasteiger partial charge < -0.3 is 15.4 Å². The third-order valence-corrected chi connectivity index (χ3v) is 3.45. The molecule has 0 unspecified atom stereocenters. The van der Waals surface area contributed by atoms with Crippen LogP contribution in [0.5, 0.6) is 5.88 Å². The van der Waals surface area contributed by atoms with Crippen LogP contribution >= 0.6 is 0 Å². The molecule has 0 amide bonds. The molecule has 5 nitrogen and oxygen atoms in total. The highest BCUT2D eigenvalue weighted by atomic mass is 16.5. The Labute approximate surface area is 108 Å². The third-order valence-electron chi connectivity index (χ3n) is 3.45. The molecule has 1 saturated carbocycles. The Morgan fingerprint density at radius 2 is 2.22 bits per heavy atom. The van der Waals surface area contributed by atoms with E-state index in [1.165, 1.54) is 25.7 Å². The summed E-state index contributed by atoms with van der Waals surface area (Å²) in [6.07, 6.45) is 7.78. The van der Waals surface area contributed by atoms with Crippen molar-refractivity contribution in [3.05, 3.63) is 12.3 Å². The molecule has 0 aliphatic heterocycles. The first kappa shape index (κ1) is 13.1. The highest BCUT2D eigenvalue weighted by Gasteiger charge is 2.24. The van der Waals surface area contributed by atoms with E-state index in [1.807, 2.05) is 0 Å². The second-order valence-electron chi connectivity index (χ2n) is 4.67. The van der Waals surface area contributed by atoms with Gasteiger partial charge in [-0.3, -0.25) is 0 Å². The summed E-state index contributed by atoms with van der Waals surface area (Å²) in [6, 6.07) is 2.34. The van der Waals surface area contributed by atoms with E-state index >= 15 is 0 Å². The van der Waals surface area contributed by atoms with Crippen molar-refractivity contribution < 1.29 is 4.74 Å². The normalized spacial score (nSPS) is 15.9. The Kier molecular flexibility index (Phi) is 4.75. The molecule has 2 rings (SSSR count). The maximum absolute atomic E-state index is 5.62. The number of ether oxygens (including phenoxy) is 1. The monoisotopic (exact) mass is 250 g/mol. The van der Waals surface area contributed by atoms with E-state index in [2.05, 4.69) is 14.9 Å². The minimum atomic E-state index is 0.559. The first-order valence-corrected chi connectivity index (χ1v) is 6.69. The van der Waals surface area contributed by atoms with Crippen LogP contribution in [0.3, 0.4) is 0 Å². The van der Waals surface area contributed by atoms with E-state index in [0.29, 0.717) is 18.5 Å². The predicted molar refractivity (Wildman–Crippen MR) is 71.9 cm³/mol. The molecule has 18 heavy (non-hydrogen) atoms. The van der Waals surface area contributed by atoms with Crippen LogP contribution in [0.1, 0.15) is 32.1 Å². The second-order valence-corrected chi connectivity index (χ2v) is 4.67. The zero-order valence-corrected chi connectivity index (χ0v) is 11.0. The molecule has 0 radical (unpaired) electrons. The lowest BCUT2D eigenvalue weighted by atomic mass is 10.2. The van der Waals surface area contributed by atoms with Crippen LogP contribution in [0.25, 0.3) is 0 Å². The van der Waals surface area contributed by atoms with Crippen LogP contribution in [0, 0.1) is 0 Å². The summed E-state index contributed by atoms with van der Waals surface area (Å²) >= 11 is 0. The van der Waals surface area contributed by atoms with E-state index in [1.54, 1.807) is 19.4 Å². The van der Waals surface area contributed by atoms with Gasteiger partial charge in [0, 0.05) is 24.8 Å². The summed E-state index contributed by atoms with van der Waals surface area (Å²) in [5.74, 6) is 1.39. The molecule has 1 aliphatic rings. The van der Waals surface area contributed by atoms with Gasteiger partial charge in [0.1, 0.15) is 0 Å². The molecule has 0 spiro atoms. The van der Waals surface area contributed by atoms with Crippen LogP contribution in [-0.4, -0.2) is 36.2 Å². The minimum absolute atomic E-state index is 0.559. The number of methoxy groups -OCH3 is 1. The highest BCUT2D eigenvalue weighted by Crippen LogP contribution is 2.27. The molecule has 100 valence electrons. The number of anilines is 1. The molecule has 1 aliphatic carbocycles.